The smallest absolute Gasteiger partial charge is 0.295 e. The zero-order valence-electron chi connectivity index (χ0n) is 21.0. The highest BCUT2D eigenvalue weighted by molar-refractivity contribution is 7.90. The number of aryl methyl sites for hydroxylation is 2. The van der Waals surface area contributed by atoms with Crippen LogP contribution in [0.3, 0.4) is 0 Å². The van der Waals surface area contributed by atoms with Gasteiger partial charge in [0.15, 0.2) is 21.3 Å². The summed E-state index contributed by atoms with van der Waals surface area (Å²) in [7, 11) is -3.66. The average Bonchev–Trinajstić information content (AvgIpc) is 3.28. The monoisotopic (exact) mass is 543 g/mol. The number of hydrogen-bond donors (Lipinski definition) is 3. The number of sulfone groups is 1. The Balaban J connectivity index is 1.58. The minimum absolute atomic E-state index is 0.0651. The number of imidazole rings is 1. The Bertz CT molecular complexity index is 1580. The van der Waals surface area contributed by atoms with Gasteiger partial charge in [0.05, 0.1) is 22.4 Å². The summed E-state index contributed by atoms with van der Waals surface area (Å²) in [6.07, 6.45) is 0.880. The second-order valence-electron chi connectivity index (χ2n) is 9.25. The zero-order chi connectivity index (χ0) is 27.0. The molecule has 13 heteroatoms. The minimum atomic E-state index is -3.66. The van der Waals surface area contributed by atoms with Gasteiger partial charge in [0.2, 0.25) is 0 Å². The van der Waals surface area contributed by atoms with Gasteiger partial charge in [-0.1, -0.05) is 6.07 Å². The van der Waals surface area contributed by atoms with E-state index in [9.17, 15) is 17.2 Å². The standard InChI is InChI=1S/C25H27F2N7O3S/c1-13-10-20(29-14(2)28-13)31-21-12-17(22-24(32-21)34-25(33-22)23(26)27)30-16-8-7-15(11-19(16)38(3,35)36)18-6-4-5-9-37-18/h7-8,10-12,18,23H,4-6,9H2,1-3H3,(H3,28,29,30,31,32,33,34)/t18-/m0/s1. The lowest BCUT2D eigenvalue weighted by molar-refractivity contribution is 0.0148. The van der Waals surface area contributed by atoms with Crippen molar-refractivity contribution in [1.82, 2.24) is 24.9 Å². The third kappa shape index (κ3) is 5.58. The van der Waals surface area contributed by atoms with Crippen molar-refractivity contribution >= 4 is 44.0 Å². The number of nitrogens with one attached hydrogen (secondary N) is 3. The number of fused-ring (bicyclic) bond motifs is 1. The van der Waals surface area contributed by atoms with Gasteiger partial charge < -0.3 is 20.4 Å². The lowest BCUT2D eigenvalue weighted by Gasteiger charge is -2.24. The van der Waals surface area contributed by atoms with Crippen molar-refractivity contribution in [2.45, 2.75) is 50.5 Å². The van der Waals surface area contributed by atoms with E-state index in [1.54, 1.807) is 31.2 Å². The number of hydrogen-bond acceptors (Lipinski definition) is 9. The van der Waals surface area contributed by atoms with Gasteiger partial charge in [0.1, 0.15) is 23.0 Å². The molecular weight excluding hydrogens is 516 g/mol. The molecule has 1 fully saturated rings. The van der Waals surface area contributed by atoms with Gasteiger partial charge in [-0.3, -0.25) is 0 Å². The summed E-state index contributed by atoms with van der Waals surface area (Å²) in [5.74, 6) is 0.757. The maximum absolute atomic E-state index is 13.5. The molecule has 4 aromatic rings. The predicted octanol–water partition coefficient (Wildman–Crippen LogP) is 5.43. The Labute approximate surface area is 218 Å². The topological polar surface area (TPSA) is 135 Å². The zero-order valence-corrected chi connectivity index (χ0v) is 21.9. The Morgan fingerprint density at radius 1 is 1.00 bits per heavy atom. The van der Waals surface area contributed by atoms with Gasteiger partial charge in [-0.25, -0.2) is 37.1 Å². The number of H-pyrrole nitrogens is 1. The van der Waals surface area contributed by atoms with Crippen LogP contribution in [0.5, 0.6) is 0 Å². The van der Waals surface area contributed by atoms with E-state index in [2.05, 4.69) is 35.6 Å². The van der Waals surface area contributed by atoms with Crippen LogP contribution < -0.4 is 10.6 Å². The van der Waals surface area contributed by atoms with E-state index in [0.29, 0.717) is 18.2 Å². The van der Waals surface area contributed by atoms with Crippen molar-refractivity contribution in [1.29, 1.82) is 0 Å². The number of rotatable bonds is 7. The first-order valence-electron chi connectivity index (χ1n) is 12.1. The van der Waals surface area contributed by atoms with E-state index >= 15 is 0 Å². The summed E-state index contributed by atoms with van der Waals surface area (Å²) < 4.78 is 58.3. The molecule has 1 saturated heterocycles. The van der Waals surface area contributed by atoms with Crippen LogP contribution >= 0.6 is 0 Å². The van der Waals surface area contributed by atoms with E-state index in [-0.39, 0.29) is 39.4 Å². The van der Waals surface area contributed by atoms with E-state index < -0.39 is 22.1 Å². The van der Waals surface area contributed by atoms with Crippen molar-refractivity contribution in [2.24, 2.45) is 0 Å². The third-order valence-corrected chi connectivity index (χ3v) is 7.26. The largest absolute Gasteiger partial charge is 0.374 e. The molecule has 5 rings (SSSR count). The van der Waals surface area contributed by atoms with Gasteiger partial charge in [0.25, 0.3) is 6.43 Å². The van der Waals surface area contributed by atoms with Crippen LogP contribution in [0.2, 0.25) is 0 Å². The van der Waals surface area contributed by atoms with Crippen molar-refractivity contribution in [3.63, 3.8) is 0 Å². The molecule has 38 heavy (non-hydrogen) atoms. The van der Waals surface area contributed by atoms with Crippen LogP contribution in [-0.2, 0) is 14.6 Å². The second-order valence-corrected chi connectivity index (χ2v) is 11.2. The molecule has 0 spiro atoms. The molecule has 3 aromatic heterocycles. The maximum Gasteiger partial charge on any atom is 0.295 e. The van der Waals surface area contributed by atoms with Gasteiger partial charge in [-0.2, -0.15) is 0 Å². The molecule has 0 saturated carbocycles. The molecule has 200 valence electrons. The van der Waals surface area contributed by atoms with Crippen molar-refractivity contribution < 1.29 is 21.9 Å². The van der Waals surface area contributed by atoms with Crippen LogP contribution in [0.4, 0.5) is 31.8 Å². The Morgan fingerprint density at radius 3 is 2.47 bits per heavy atom. The van der Waals surface area contributed by atoms with Crippen molar-refractivity contribution in [2.75, 3.05) is 23.5 Å². The Kier molecular flexibility index (Phi) is 6.97. The minimum Gasteiger partial charge on any atom is -0.374 e. The summed E-state index contributed by atoms with van der Waals surface area (Å²) in [5, 5.41) is 6.16. The first-order chi connectivity index (χ1) is 18.1. The van der Waals surface area contributed by atoms with Crippen LogP contribution in [0.25, 0.3) is 11.2 Å². The maximum atomic E-state index is 13.5. The SMILES string of the molecule is Cc1cc(Nc2cc(Nc3ccc([C@@H]4CCCCO4)cc3S(C)(=O)=O)c3nc(C(F)F)[nH]c3n2)nc(C)n1. The van der Waals surface area contributed by atoms with E-state index in [1.165, 1.54) is 0 Å². The number of aromatic nitrogens is 5. The van der Waals surface area contributed by atoms with E-state index in [0.717, 1.165) is 36.8 Å². The average molecular weight is 544 g/mol. The number of nitrogens with zero attached hydrogens (tertiary/aromatic N) is 4. The lowest BCUT2D eigenvalue weighted by Crippen LogP contribution is -2.13. The number of pyridine rings is 1. The Hall–Kier alpha value is -3.71. The molecule has 4 heterocycles. The quantitative estimate of drug-likeness (QED) is 0.279. The van der Waals surface area contributed by atoms with Crippen molar-refractivity contribution in [3.05, 3.63) is 53.2 Å². The first kappa shape index (κ1) is 25.9. The number of aromatic amines is 1. The summed E-state index contributed by atoms with van der Waals surface area (Å²) in [4.78, 5) is 19.6. The van der Waals surface area contributed by atoms with Crippen LogP contribution in [-0.4, -0.2) is 46.2 Å². The first-order valence-corrected chi connectivity index (χ1v) is 14.0. The summed E-state index contributed by atoms with van der Waals surface area (Å²) >= 11 is 0. The molecule has 10 nitrogen and oxygen atoms in total. The number of ether oxygens (including phenoxy) is 1. The van der Waals surface area contributed by atoms with Gasteiger partial charge in [-0.15, -0.1) is 0 Å². The fourth-order valence-corrected chi connectivity index (χ4v) is 5.35. The number of halogens is 2. The molecule has 1 atom stereocenters. The van der Waals surface area contributed by atoms with Crippen LogP contribution in [0, 0.1) is 13.8 Å². The molecule has 3 N–H and O–H groups in total. The highest BCUT2D eigenvalue weighted by Crippen LogP contribution is 2.35. The van der Waals surface area contributed by atoms with Crippen LogP contribution in [0.15, 0.2) is 35.2 Å². The highest BCUT2D eigenvalue weighted by atomic mass is 32.2. The molecule has 0 bridgehead atoms. The Morgan fingerprint density at radius 2 is 1.79 bits per heavy atom. The highest BCUT2D eigenvalue weighted by Gasteiger charge is 2.23. The fourth-order valence-electron chi connectivity index (χ4n) is 4.48. The molecule has 1 aromatic carbocycles. The molecule has 0 radical (unpaired) electrons. The molecular formula is C25H27F2N7O3S. The number of benzene rings is 1. The molecule has 1 aliphatic rings. The lowest BCUT2D eigenvalue weighted by atomic mass is 10.0. The summed E-state index contributed by atoms with van der Waals surface area (Å²) in [5.41, 5.74) is 2.31. The molecule has 0 unspecified atom stereocenters. The van der Waals surface area contributed by atoms with E-state index in [1.807, 2.05) is 13.0 Å². The summed E-state index contributed by atoms with van der Waals surface area (Å²) in [6.45, 7) is 4.20. The van der Waals surface area contributed by atoms with Gasteiger partial charge in [0, 0.05) is 30.7 Å². The van der Waals surface area contributed by atoms with Crippen molar-refractivity contribution in [3.8, 4) is 0 Å². The number of anilines is 4. The van der Waals surface area contributed by atoms with E-state index in [4.69, 9.17) is 4.74 Å². The second kappa shape index (κ2) is 10.2. The van der Waals surface area contributed by atoms with Gasteiger partial charge >= 0.3 is 0 Å². The molecule has 0 amide bonds. The van der Waals surface area contributed by atoms with Crippen LogP contribution in [0.1, 0.15) is 54.7 Å². The fraction of sp³-hybridized carbons (Fsp3) is 0.360. The van der Waals surface area contributed by atoms with Gasteiger partial charge in [-0.05, 0) is 50.8 Å². The summed E-state index contributed by atoms with van der Waals surface area (Å²) in [6, 6.07) is 8.35. The normalized spacial score (nSPS) is 16.2. The number of alkyl halides is 2. The predicted molar refractivity (Wildman–Crippen MR) is 139 cm³/mol. The molecule has 1 aliphatic heterocycles. The third-order valence-electron chi connectivity index (χ3n) is 6.13. The molecule has 0 aliphatic carbocycles.